The molecule has 0 aromatic heterocycles. The van der Waals surface area contributed by atoms with Gasteiger partial charge in [0.25, 0.3) is 0 Å². The van der Waals surface area contributed by atoms with E-state index in [1.165, 1.54) is 6.07 Å². The molecule has 0 saturated heterocycles. The highest BCUT2D eigenvalue weighted by Crippen LogP contribution is 2.29. The van der Waals surface area contributed by atoms with Gasteiger partial charge in [-0.05, 0) is 25.5 Å². The average molecular weight is 240 g/mol. The summed E-state index contributed by atoms with van der Waals surface area (Å²) in [5.41, 5.74) is 0.717. The average Bonchev–Trinajstić information content (AvgIpc) is 2.27. The zero-order valence-electron chi connectivity index (χ0n) is 9.75. The molecule has 5 nitrogen and oxygen atoms in total. The van der Waals surface area contributed by atoms with Gasteiger partial charge < -0.3 is 20.1 Å². The molecule has 0 radical (unpaired) electrons. The molecule has 3 N–H and O–H groups in total. The standard InChI is InChI=1S/C12H16O5/c1-3-17-12(16)11(15)10(14)9-7(2)5-4-6-8(9)13/h4-6,10-11,13-15H,3H2,1-2H3. The van der Waals surface area contributed by atoms with Crippen molar-refractivity contribution < 1.29 is 24.9 Å². The van der Waals surface area contributed by atoms with Gasteiger partial charge in [0, 0.05) is 5.56 Å². The summed E-state index contributed by atoms with van der Waals surface area (Å²) in [7, 11) is 0. The zero-order chi connectivity index (χ0) is 13.0. The van der Waals surface area contributed by atoms with Gasteiger partial charge >= 0.3 is 5.97 Å². The first-order chi connectivity index (χ1) is 7.99. The van der Waals surface area contributed by atoms with E-state index < -0.39 is 18.2 Å². The van der Waals surface area contributed by atoms with Crippen LogP contribution in [0.25, 0.3) is 0 Å². The second-order valence-electron chi connectivity index (χ2n) is 3.65. The number of carbonyl (C=O) groups excluding carboxylic acids is 1. The molecule has 1 rings (SSSR count). The number of aliphatic hydroxyl groups excluding tert-OH is 2. The van der Waals surface area contributed by atoms with Crippen LogP contribution in [0.2, 0.25) is 0 Å². The van der Waals surface area contributed by atoms with Crippen molar-refractivity contribution in [1.82, 2.24) is 0 Å². The number of ether oxygens (including phenoxy) is 1. The minimum absolute atomic E-state index is 0.113. The van der Waals surface area contributed by atoms with Gasteiger partial charge in [-0.3, -0.25) is 0 Å². The van der Waals surface area contributed by atoms with E-state index in [0.29, 0.717) is 5.56 Å². The van der Waals surface area contributed by atoms with E-state index >= 15 is 0 Å². The number of carbonyl (C=O) groups is 1. The van der Waals surface area contributed by atoms with Crippen LogP contribution >= 0.6 is 0 Å². The highest BCUT2D eigenvalue weighted by molar-refractivity contribution is 5.75. The molecule has 5 heteroatoms. The van der Waals surface area contributed by atoms with Crippen molar-refractivity contribution in [3.8, 4) is 5.75 Å². The molecule has 0 fully saturated rings. The van der Waals surface area contributed by atoms with Crippen LogP contribution in [0, 0.1) is 6.92 Å². The maximum Gasteiger partial charge on any atom is 0.338 e. The predicted molar refractivity (Wildman–Crippen MR) is 60.4 cm³/mol. The molecule has 17 heavy (non-hydrogen) atoms. The Kier molecular flexibility index (Phi) is 4.48. The number of aryl methyl sites for hydroxylation is 1. The number of hydrogen-bond acceptors (Lipinski definition) is 5. The molecule has 2 atom stereocenters. The summed E-state index contributed by atoms with van der Waals surface area (Å²) in [6.45, 7) is 3.38. The summed E-state index contributed by atoms with van der Waals surface area (Å²) >= 11 is 0. The molecule has 0 bridgehead atoms. The summed E-state index contributed by atoms with van der Waals surface area (Å²) in [6.07, 6.45) is -3.21. The number of phenolic OH excluding ortho intramolecular Hbond substituents is 1. The fourth-order valence-electron chi connectivity index (χ4n) is 1.56. The van der Waals surface area contributed by atoms with Gasteiger partial charge in [-0.25, -0.2) is 4.79 Å². The number of benzene rings is 1. The quantitative estimate of drug-likeness (QED) is 0.673. The van der Waals surface area contributed by atoms with Crippen LogP contribution in [0.15, 0.2) is 18.2 Å². The van der Waals surface area contributed by atoms with Crippen LogP contribution in [-0.2, 0) is 9.53 Å². The summed E-state index contributed by atoms with van der Waals surface area (Å²) in [5, 5.41) is 29.0. The molecular weight excluding hydrogens is 224 g/mol. The maximum atomic E-state index is 11.3. The van der Waals surface area contributed by atoms with E-state index in [4.69, 9.17) is 0 Å². The SMILES string of the molecule is CCOC(=O)C(O)C(O)c1c(C)cccc1O. The Morgan fingerprint density at radius 3 is 2.59 bits per heavy atom. The number of hydrogen-bond donors (Lipinski definition) is 3. The van der Waals surface area contributed by atoms with Crippen molar-refractivity contribution in [1.29, 1.82) is 0 Å². The van der Waals surface area contributed by atoms with Gasteiger partial charge in [0.05, 0.1) is 6.61 Å². The first-order valence-corrected chi connectivity index (χ1v) is 5.30. The number of esters is 1. The lowest BCUT2D eigenvalue weighted by Crippen LogP contribution is -2.30. The van der Waals surface area contributed by atoms with Crippen molar-refractivity contribution >= 4 is 5.97 Å². The summed E-state index contributed by atoms with van der Waals surface area (Å²) in [5.74, 6) is -1.08. The Labute approximate surface area is 99.3 Å². The van der Waals surface area contributed by atoms with Crippen molar-refractivity contribution in [2.45, 2.75) is 26.1 Å². The van der Waals surface area contributed by atoms with Crippen LogP contribution in [0.3, 0.4) is 0 Å². The highest BCUT2D eigenvalue weighted by atomic mass is 16.5. The molecule has 0 aliphatic carbocycles. The van der Waals surface area contributed by atoms with Gasteiger partial charge in [-0.15, -0.1) is 0 Å². The normalized spacial score (nSPS) is 14.1. The largest absolute Gasteiger partial charge is 0.508 e. The lowest BCUT2D eigenvalue weighted by molar-refractivity contribution is -0.159. The Hall–Kier alpha value is -1.59. The molecule has 0 saturated carbocycles. The third-order valence-electron chi connectivity index (χ3n) is 2.42. The van der Waals surface area contributed by atoms with Crippen molar-refractivity contribution in [2.24, 2.45) is 0 Å². The second kappa shape index (κ2) is 5.65. The molecule has 2 unspecified atom stereocenters. The molecular formula is C12H16O5. The predicted octanol–water partition coefficient (Wildman–Crippen LogP) is 0.658. The van der Waals surface area contributed by atoms with Crippen LogP contribution in [0.1, 0.15) is 24.2 Å². The van der Waals surface area contributed by atoms with Gasteiger partial charge in [0.2, 0.25) is 0 Å². The number of rotatable bonds is 4. The van der Waals surface area contributed by atoms with Crippen LogP contribution in [0.4, 0.5) is 0 Å². The fourth-order valence-corrected chi connectivity index (χ4v) is 1.56. The Balaban J connectivity index is 2.96. The minimum Gasteiger partial charge on any atom is -0.508 e. The Morgan fingerprint density at radius 1 is 1.41 bits per heavy atom. The lowest BCUT2D eigenvalue weighted by atomic mass is 9.98. The summed E-state index contributed by atoms with van der Waals surface area (Å²) in [6, 6.07) is 4.65. The van der Waals surface area contributed by atoms with Crippen molar-refractivity contribution in [3.63, 3.8) is 0 Å². The van der Waals surface area contributed by atoms with Gasteiger partial charge in [0.1, 0.15) is 11.9 Å². The molecule has 0 spiro atoms. The number of aromatic hydroxyl groups is 1. The number of phenols is 1. The number of aliphatic hydroxyl groups is 2. The van der Waals surface area contributed by atoms with E-state index in [2.05, 4.69) is 4.74 Å². The lowest BCUT2D eigenvalue weighted by Gasteiger charge is -2.19. The molecule has 0 heterocycles. The smallest absolute Gasteiger partial charge is 0.338 e. The summed E-state index contributed by atoms with van der Waals surface area (Å²) < 4.78 is 4.60. The van der Waals surface area contributed by atoms with E-state index in [9.17, 15) is 20.1 Å². The third-order valence-corrected chi connectivity index (χ3v) is 2.42. The fraction of sp³-hybridized carbons (Fsp3) is 0.417. The first kappa shape index (κ1) is 13.5. The topological polar surface area (TPSA) is 87.0 Å². The molecule has 0 aliphatic rings. The van der Waals surface area contributed by atoms with Gasteiger partial charge in [-0.2, -0.15) is 0 Å². The van der Waals surface area contributed by atoms with E-state index in [1.807, 2.05) is 0 Å². The zero-order valence-corrected chi connectivity index (χ0v) is 9.75. The molecule has 1 aromatic rings. The molecule has 94 valence electrons. The molecule has 0 amide bonds. The van der Waals surface area contributed by atoms with E-state index in [0.717, 1.165) is 0 Å². The maximum absolute atomic E-state index is 11.3. The molecule has 1 aromatic carbocycles. The highest BCUT2D eigenvalue weighted by Gasteiger charge is 2.29. The Bertz CT molecular complexity index is 382. The van der Waals surface area contributed by atoms with E-state index in [1.54, 1.807) is 26.0 Å². The monoisotopic (exact) mass is 240 g/mol. The van der Waals surface area contributed by atoms with Crippen molar-refractivity contribution in [2.75, 3.05) is 6.61 Å². The van der Waals surface area contributed by atoms with Crippen LogP contribution in [0.5, 0.6) is 5.75 Å². The Morgan fingerprint density at radius 2 is 2.06 bits per heavy atom. The second-order valence-corrected chi connectivity index (χ2v) is 3.65. The molecule has 0 aliphatic heterocycles. The summed E-state index contributed by atoms with van der Waals surface area (Å²) in [4.78, 5) is 11.3. The van der Waals surface area contributed by atoms with Gasteiger partial charge in [0.15, 0.2) is 6.10 Å². The minimum atomic E-state index is -1.71. The first-order valence-electron chi connectivity index (χ1n) is 5.30. The van der Waals surface area contributed by atoms with E-state index in [-0.39, 0.29) is 17.9 Å². The van der Waals surface area contributed by atoms with Crippen LogP contribution in [-0.4, -0.2) is 34.0 Å². The van der Waals surface area contributed by atoms with Crippen LogP contribution < -0.4 is 0 Å². The van der Waals surface area contributed by atoms with Gasteiger partial charge in [-0.1, -0.05) is 12.1 Å². The third kappa shape index (κ3) is 2.95. The van der Waals surface area contributed by atoms with Crippen molar-refractivity contribution in [3.05, 3.63) is 29.3 Å².